The molecule has 0 bridgehead atoms. The molecule has 1 fully saturated rings. The number of aromatic nitrogens is 4. The molecule has 0 unspecified atom stereocenters. The van der Waals surface area contributed by atoms with Gasteiger partial charge in [-0.1, -0.05) is 0 Å². The molecule has 1 N–H and O–H groups in total. The Kier molecular flexibility index (Phi) is 4.13. The van der Waals surface area contributed by atoms with E-state index < -0.39 is 0 Å². The number of aliphatic hydroxyl groups excluding tert-OH is 1. The van der Waals surface area contributed by atoms with Gasteiger partial charge in [-0.3, -0.25) is 14.3 Å². The van der Waals surface area contributed by atoms with Crippen LogP contribution in [0.2, 0.25) is 0 Å². The summed E-state index contributed by atoms with van der Waals surface area (Å²) in [5, 5.41) is 18.6. The molecule has 2 aromatic rings. The maximum atomic E-state index is 10.2. The van der Waals surface area contributed by atoms with Crippen LogP contribution in [0.3, 0.4) is 0 Å². The molecule has 3 rings (SSSR count). The van der Waals surface area contributed by atoms with Crippen LogP contribution in [-0.2, 0) is 13.1 Å². The Hall–Kier alpha value is -1.66. The van der Waals surface area contributed by atoms with E-state index in [-0.39, 0.29) is 6.10 Å². The number of rotatable bonds is 6. The van der Waals surface area contributed by atoms with Gasteiger partial charge in [-0.25, -0.2) is 0 Å². The van der Waals surface area contributed by atoms with E-state index >= 15 is 0 Å². The lowest BCUT2D eigenvalue weighted by Gasteiger charge is -2.26. The Bertz CT molecular complexity index is 496. The molecule has 6 heteroatoms. The van der Waals surface area contributed by atoms with Crippen LogP contribution < -0.4 is 0 Å². The lowest BCUT2D eigenvalue weighted by atomic mass is 10.2. The fraction of sp³-hybridized carbons (Fsp3) is 0.571. The molecule has 1 aliphatic heterocycles. The number of aliphatic hydroxyl groups is 1. The lowest BCUT2D eigenvalue weighted by Crippen LogP contribution is -2.40. The van der Waals surface area contributed by atoms with Crippen molar-refractivity contribution in [1.29, 1.82) is 0 Å². The maximum absolute atomic E-state index is 10.2. The van der Waals surface area contributed by atoms with Crippen molar-refractivity contribution in [2.24, 2.45) is 0 Å². The number of hydrogen-bond donors (Lipinski definition) is 1. The van der Waals surface area contributed by atoms with Gasteiger partial charge in [-0.15, -0.1) is 0 Å². The molecule has 0 saturated carbocycles. The molecular weight excluding hydrogens is 254 g/mol. The zero-order valence-electron chi connectivity index (χ0n) is 11.5. The van der Waals surface area contributed by atoms with Gasteiger partial charge in [-0.2, -0.15) is 10.2 Å². The summed E-state index contributed by atoms with van der Waals surface area (Å²) in [7, 11) is 0. The molecule has 6 nitrogen and oxygen atoms in total. The molecule has 1 aliphatic rings. The molecule has 20 heavy (non-hydrogen) atoms. The third-order valence-corrected chi connectivity index (χ3v) is 3.86. The standard InChI is InChI=1S/C14H21N5O/c20-14(12-19-9-3-6-16-19)11-17-7-1-4-13(17)10-18-8-2-5-15-18/h2-3,5-6,8-9,13-14,20H,1,4,7,10-12H2/t13-,14+/m0/s1. The Morgan fingerprint density at radius 3 is 2.55 bits per heavy atom. The third-order valence-electron chi connectivity index (χ3n) is 3.86. The lowest BCUT2D eigenvalue weighted by molar-refractivity contribution is 0.0847. The normalized spacial score (nSPS) is 21.4. The second-order valence-corrected chi connectivity index (χ2v) is 5.40. The summed E-state index contributed by atoms with van der Waals surface area (Å²) < 4.78 is 3.76. The molecule has 0 spiro atoms. The molecule has 0 aromatic carbocycles. The first kappa shape index (κ1) is 13.3. The van der Waals surface area contributed by atoms with E-state index in [1.54, 1.807) is 10.9 Å². The first-order chi connectivity index (χ1) is 9.81. The van der Waals surface area contributed by atoms with Gasteiger partial charge in [0.1, 0.15) is 0 Å². The molecule has 3 heterocycles. The van der Waals surface area contributed by atoms with Crippen molar-refractivity contribution in [3.05, 3.63) is 36.9 Å². The number of nitrogens with zero attached hydrogens (tertiary/aromatic N) is 5. The molecule has 0 amide bonds. The van der Waals surface area contributed by atoms with E-state index in [4.69, 9.17) is 0 Å². The van der Waals surface area contributed by atoms with Crippen molar-refractivity contribution >= 4 is 0 Å². The topological polar surface area (TPSA) is 59.1 Å². The molecule has 0 aliphatic carbocycles. The smallest absolute Gasteiger partial charge is 0.0862 e. The van der Waals surface area contributed by atoms with Crippen molar-refractivity contribution in [3.8, 4) is 0 Å². The van der Waals surface area contributed by atoms with Gasteiger partial charge < -0.3 is 5.11 Å². The average molecular weight is 275 g/mol. The summed E-state index contributed by atoms with van der Waals surface area (Å²) in [6, 6.07) is 4.30. The average Bonchev–Trinajstić information content (AvgIpc) is 3.14. The van der Waals surface area contributed by atoms with Crippen molar-refractivity contribution < 1.29 is 5.11 Å². The van der Waals surface area contributed by atoms with Crippen LogP contribution in [-0.4, -0.2) is 54.8 Å². The molecule has 0 radical (unpaired) electrons. The molecule has 2 aromatic heterocycles. The highest BCUT2D eigenvalue weighted by molar-refractivity contribution is 4.85. The van der Waals surface area contributed by atoms with E-state index in [2.05, 4.69) is 15.1 Å². The summed E-state index contributed by atoms with van der Waals surface area (Å²) in [4.78, 5) is 2.37. The number of β-amino-alcohol motifs (C(OH)–C–C–N with tert-alkyl or cyclic N) is 1. The van der Waals surface area contributed by atoms with E-state index in [9.17, 15) is 5.11 Å². The van der Waals surface area contributed by atoms with Gasteiger partial charge in [-0.05, 0) is 31.5 Å². The fourth-order valence-electron chi connectivity index (χ4n) is 2.92. The van der Waals surface area contributed by atoms with Crippen LogP contribution in [0.15, 0.2) is 36.9 Å². The van der Waals surface area contributed by atoms with Gasteiger partial charge in [0.05, 0.1) is 19.2 Å². The summed E-state index contributed by atoms with van der Waals surface area (Å²) in [6.45, 7) is 3.22. The van der Waals surface area contributed by atoms with Crippen LogP contribution in [0, 0.1) is 0 Å². The summed E-state index contributed by atoms with van der Waals surface area (Å²) in [5.41, 5.74) is 0. The van der Waals surface area contributed by atoms with Crippen LogP contribution in [0.4, 0.5) is 0 Å². The Balaban J connectivity index is 1.53. The highest BCUT2D eigenvalue weighted by Crippen LogP contribution is 2.19. The van der Waals surface area contributed by atoms with E-state index in [0.29, 0.717) is 19.1 Å². The number of likely N-dealkylation sites (tertiary alicyclic amines) is 1. The van der Waals surface area contributed by atoms with Crippen molar-refractivity contribution in [1.82, 2.24) is 24.5 Å². The second-order valence-electron chi connectivity index (χ2n) is 5.40. The zero-order chi connectivity index (χ0) is 13.8. The maximum Gasteiger partial charge on any atom is 0.0862 e. The van der Waals surface area contributed by atoms with Gasteiger partial charge in [0.15, 0.2) is 0 Å². The molecule has 2 atom stereocenters. The van der Waals surface area contributed by atoms with E-state index in [1.165, 1.54) is 12.8 Å². The van der Waals surface area contributed by atoms with Crippen LogP contribution in [0.1, 0.15) is 12.8 Å². The fourth-order valence-corrected chi connectivity index (χ4v) is 2.92. The van der Waals surface area contributed by atoms with Gasteiger partial charge in [0.2, 0.25) is 0 Å². The van der Waals surface area contributed by atoms with Crippen molar-refractivity contribution in [2.45, 2.75) is 38.1 Å². The highest BCUT2D eigenvalue weighted by atomic mass is 16.3. The minimum absolute atomic E-state index is 0.381. The van der Waals surface area contributed by atoms with E-state index in [1.807, 2.05) is 35.4 Å². The van der Waals surface area contributed by atoms with Gasteiger partial charge in [0.25, 0.3) is 0 Å². The van der Waals surface area contributed by atoms with Crippen LogP contribution in [0.5, 0.6) is 0 Å². The molecule has 108 valence electrons. The Morgan fingerprint density at radius 1 is 1.10 bits per heavy atom. The predicted molar refractivity (Wildman–Crippen MR) is 75.1 cm³/mol. The van der Waals surface area contributed by atoms with Crippen LogP contribution in [0.25, 0.3) is 0 Å². The summed E-state index contributed by atoms with van der Waals surface area (Å²) in [6.07, 6.45) is 9.42. The Morgan fingerprint density at radius 2 is 1.85 bits per heavy atom. The first-order valence-corrected chi connectivity index (χ1v) is 7.18. The SMILES string of the molecule is O[C@H](CN1CCC[C@H]1Cn1cccn1)Cn1cccn1. The monoisotopic (exact) mass is 275 g/mol. The van der Waals surface area contributed by atoms with Crippen LogP contribution >= 0.6 is 0 Å². The van der Waals surface area contributed by atoms with Gasteiger partial charge >= 0.3 is 0 Å². The first-order valence-electron chi connectivity index (χ1n) is 7.18. The zero-order valence-corrected chi connectivity index (χ0v) is 11.5. The van der Waals surface area contributed by atoms with Crippen molar-refractivity contribution in [2.75, 3.05) is 13.1 Å². The minimum Gasteiger partial charge on any atom is -0.390 e. The largest absolute Gasteiger partial charge is 0.390 e. The number of hydrogen-bond acceptors (Lipinski definition) is 4. The van der Waals surface area contributed by atoms with Crippen molar-refractivity contribution in [3.63, 3.8) is 0 Å². The summed E-state index contributed by atoms with van der Waals surface area (Å²) in [5.74, 6) is 0. The quantitative estimate of drug-likeness (QED) is 0.839. The summed E-state index contributed by atoms with van der Waals surface area (Å²) >= 11 is 0. The third kappa shape index (κ3) is 3.26. The predicted octanol–water partition coefficient (Wildman–Crippen LogP) is 0.605. The molecule has 1 saturated heterocycles. The highest BCUT2D eigenvalue weighted by Gasteiger charge is 2.26. The minimum atomic E-state index is -0.381. The second kappa shape index (κ2) is 6.19. The molecular formula is C14H21N5O. The Labute approximate surface area is 118 Å². The van der Waals surface area contributed by atoms with E-state index in [0.717, 1.165) is 13.1 Å². The van der Waals surface area contributed by atoms with Gasteiger partial charge in [0, 0.05) is 37.4 Å².